The smallest absolute Gasteiger partial charge is 0.282 e. The highest BCUT2D eigenvalue weighted by Gasteiger charge is 2.21. The second kappa shape index (κ2) is 7.10. The number of amides is 1. The van der Waals surface area contributed by atoms with Gasteiger partial charge in [-0.25, -0.2) is 0 Å². The van der Waals surface area contributed by atoms with Gasteiger partial charge in [0.15, 0.2) is 0 Å². The van der Waals surface area contributed by atoms with Crippen molar-refractivity contribution >= 4 is 23.4 Å². The molecule has 116 valence electrons. The SMILES string of the molecule is CSc1ccc([N+](=O)[O-])c(C(=O)NCC(O)c2ccco2)c1. The van der Waals surface area contributed by atoms with Crippen LogP contribution in [0, 0.1) is 10.1 Å². The summed E-state index contributed by atoms with van der Waals surface area (Å²) in [5, 5.41) is 23.3. The maximum Gasteiger partial charge on any atom is 0.282 e. The third-order valence-corrected chi connectivity index (χ3v) is 3.70. The quantitative estimate of drug-likeness (QED) is 0.480. The molecule has 1 atom stereocenters. The van der Waals surface area contributed by atoms with Gasteiger partial charge in [-0.1, -0.05) is 0 Å². The molecule has 0 aliphatic rings. The van der Waals surface area contributed by atoms with Crippen LogP contribution in [-0.2, 0) is 0 Å². The Morgan fingerprint density at radius 1 is 1.50 bits per heavy atom. The normalized spacial score (nSPS) is 11.9. The minimum Gasteiger partial charge on any atom is -0.467 e. The van der Waals surface area contributed by atoms with E-state index in [2.05, 4.69) is 5.32 Å². The molecule has 8 heteroatoms. The van der Waals surface area contributed by atoms with Crippen LogP contribution in [0.25, 0.3) is 0 Å². The van der Waals surface area contributed by atoms with Gasteiger partial charge >= 0.3 is 0 Å². The van der Waals surface area contributed by atoms with E-state index in [9.17, 15) is 20.0 Å². The van der Waals surface area contributed by atoms with E-state index >= 15 is 0 Å². The summed E-state index contributed by atoms with van der Waals surface area (Å²) in [6, 6.07) is 7.53. The molecule has 1 aromatic heterocycles. The molecule has 2 N–H and O–H groups in total. The maximum absolute atomic E-state index is 12.1. The zero-order valence-electron chi connectivity index (χ0n) is 11.7. The summed E-state index contributed by atoms with van der Waals surface area (Å²) < 4.78 is 5.02. The average molecular weight is 322 g/mol. The molecular weight excluding hydrogens is 308 g/mol. The van der Waals surface area contributed by atoms with E-state index in [-0.39, 0.29) is 17.8 Å². The van der Waals surface area contributed by atoms with Gasteiger partial charge in [-0.3, -0.25) is 14.9 Å². The van der Waals surface area contributed by atoms with Crippen molar-refractivity contribution in [2.24, 2.45) is 0 Å². The van der Waals surface area contributed by atoms with Gasteiger partial charge in [-0.2, -0.15) is 0 Å². The number of furan rings is 1. The molecule has 0 radical (unpaired) electrons. The van der Waals surface area contributed by atoms with Crippen molar-refractivity contribution in [3.05, 3.63) is 58.0 Å². The number of aliphatic hydroxyl groups excluding tert-OH is 1. The summed E-state index contributed by atoms with van der Waals surface area (Å²) in [6.07, 6.45) is 2.21. The summed E-state index contributed by atoms with van der Waals surface area (Å²) in [5.41, 5.74) is -0.314. The number of thioether (sulfide) groups is 1. The van der Waals surface area contributed by atoms with Crippen LogP contribution in [0.2, 0.25) is 0 Å². The number of rotatable bonds is 6. The number of carbonyl (C=O) groups excluding carboxylic acids is 1. The van der Waals surface area contributed by atoms with Gasteiger partial charge < -0.3 is 14.8 Å². The predicted molar refractivity (Wildman–Crippen MR) is 80.9 cm³/mol. The van der Waals surface area contributed by atoms with Crippen LogP contribution in [0.5, 0.6) is 0 Å². The first-order valence-electron chi connectivity index (χ1n) is 6.35. The van der Waals surface area contributed by atoms with E-state index in [1.54, 1.807) is 18.2 Å². The number of hydrogen-bond donors (Lipinski definition) is 2. The third-order valence-electron chi connectivity index (χ3n) is 2.97. The molecule has 22 heavy (non-hydrogen) atoms. The van der Waals surface area contributed by atoms with Crippen molar-refractivity contribution < 1.29 is 19.2 Å². The van der Waals surface area contributed by atoms with Crippen LogP contribution in [0.4, 0.5) is 5.69 Å². The van der Waals surface area contributed by atoms with Crippen LogP contribution >= 0.6 is 11.8 Å². The van der Waals surface area contributed by atoms with Gasteiger partial charge in [-0.05, 0) is 30.5 Å². The van der Waals surface area contributed by atoms with Crippen molar-refractivity contribution in [2.45, 2.75) is 11.0 Å². The van der Waals surface area contributed by atoms with Crippen LogP contribution in [0.3, 0.4) is 0 Å². The van der Waals surface area contributed by atoms with Gasteiger partial charge in [0.2, 0.25) is 0 Å². The zero-order chi connectivity index (χ0) is 16.1. The lowest BCUT2D eigenvalue weighted by Gasteiger charge is -2.10. The average Bonchev–Trinajstić information content (AvgIpc) is 3.05. The van der Waals surface area contributed by atoms with Crippen molar-refractivity contribution in [3.8, 4) is 0 Å². The minimum absolute atomic E-state index is 0.0384. The lowest BCUT2D eigenvalue weighted by molar-refractivity contribution is -0.385. The fourth-order valence-corrected chi connectivity index (χ4v) is 2.29. The van der Waals surface area contributed by atoms with Crippen molar-refractivity contribution in [3.63, 3.8) is 0 Å². The molecule has 2 aromatic rings. The molecule has 0 saturated carbocycles. The number of aliphatic hydroxyl groups is 1. The fraction of sp³-hybridized carbons (Fsp3) is 0.214. The molecule has 0 aliphatic heterocycles. The number of benzene rings is 1. The van der Waals surface area contributed by atoms with E-state index < -0.39 is 16.9 Å². The Labute approximate surface area is 130 Å². The molecule has 0 aliphatic carbocycles. The number of nitro benzene ring substituents is 1. The molecule has 2 rings (SSSR count). The number of carbonyl (C=O) groups is 1. The predicted octanol–water partition coefficient (Wildman–Crippen LogP) is 2.37. The third kappa shape index (κ3) is 3.66. The Balaban J connectivity index is 2.13. The van der Waals surface area contributed by atoms with E-state index in [4.69, 9.17) is 4.42 Å². The molecule has 1 aromatic carbocycles. The maximum atomic E-state index is 12.1. The first-order valence-corrected chi connectivity index (χ1v) is 7.57. The molecular formula is C14H14N2O5S. The summed E-state index contributed by atoms with van der Waals surface area (Å²) in [7, 11) is 0. The Hall–Kier alpha value is -2.32. The highest BCUT2D eigenvalue weighted by molar-refractivity contribution is 7.98. The van der Waals surface area contributed by atoms with Gasteiger partial charge in [0.1, 0.15) is 17.4 Å². The van der Waals surface area contributed by atoms with Crippen LogP contribution in [0.15, 0.2) is 45.9 Å². The van der Waals surface area contributed by atoms with Gasteiger partial charge in [-0.15, -0.1) is 11.8 Å². The second-order valence-corrected chi connectivity index (χ2v) is 5.26. The number of nitrogens with zero attached hydrogens (tertiary/aromatic N) is 1. The molecule has 1 unspecified atom stereocenters. The van der Waals surface area contributed by atoms with Gasteiger partial charge in [0.25, 0.3) is 11.6 Å². The Bertz CT molecular complexity index is 672. The molecule has 0 fully saturated rings. The highest BCUT2D eigenvalue weighted by atomic mass is 32.2. The molecule has 0 saturated heterocycles. The zero-order valence-corrected chi connectivity index (χ0v) is 12.5. The first-order chi connectivity index (χ1) is 10.5. The molecule has 7 nitrogen and oxygen atoms in total. The molecule has 1 heterocycles. The monoisotopic (exact) mass is 322 g/mol. The van der Waals surface area contributed by atoms with E-state index in [1.807, 2.05) is 6.26 Å². The first kappa shape index (κ1) is 16.1. The Morgan fingerprint density at radius 2 is 2.27 bits per heavy atom. The van der Waals surface area contributed by atoms with Crippen LogP contribution < -0.4 is 5.32 Å². The Kier molecular flexibility index (Phi) is 5.18. The summed E-state index contributed by atoms with van der Waals surface area (Å²) in [6.45, 7) is -0.104. The summed E-state index contributed by atoms with van der Waals surface area (Å²) in [5.74, 6) is -0.305. The lowest BCUT2D eigenvalue weighted by Crippen LogP contribution is -2.28. The van der Waals surface area contributed by atoms with Gasteiger partial charge in [0, 0.05) is 11.0 Å². The van der Waals surface area contributed by atoms with Crippen molar-refractivity contribution in [2.75, 3.05) is 12.8 Å². The summed E-state index contributed by atoms with van der Waals surface area (Å²) >= 11 is 1.38. The fourth-order valence-electron chi connectivity index (χ4n) is 1.85. The Morgan fingerprint density at radius 3 is 2.86 bits per heavy atom. The number of nitro groups is 1. The second-order valence-electron chi connectivity index (χ2n) is 4.38. The van der Waals surface area contributed by atoms with Crippen molar-refractivity contribution in [1.82, 2.24) is 5.32 Å². The summed E-state index contributed by atoms with van der Waals surface area (Å²) in [4.78, 5) is 23.3. The topological polar surface area (TPSA) is 106 Å². The molecule has 0 bridgehead atoms. The molecule has 0 spiro atoms. The van der Waals surface area contributed by atoms with Crippen molar-refractivity contribution in [1.29, 1.82) is 0 Å². The van der Waals surface area contributed by atoms with E-state index in [0.717, 1.165) is 4.90 Å². The largest absolute Gasteiger partial charge is 0.467 e. The van der Waals surface area contributed by atoms with E-state index in [1.165, 1.54) is 30.2 Å². The van der Waals surface area contributed by atoms with Gasteiger partial charge in [0.05, 0.1) is 17.7 Å². The standard InChI is InChI=1S/C14H14N2O5S/c1-22-9-4-5-11(16(19)20)10(7-9)14(18)15-8-12(17)13-3-2-6-21-13/h2-7,12,17H,8H2,1H3,(H,15,18). The number of nitrogens with one attached hydrogen (secondary N) is 1. The minimum atomic E-state index is -1.01. The number of hydrogen-bond acceptors (Lipinski definition) is 6. The van der Waals surface area contributed by atoms with E-state index in [0.29, 0.717) is 5.76 Å². The highest BCUT2D eigenvalue weighted by Crippen LogP contribution is 2.24. The van der Waals surface area contributed by atoms with Crippen LogP contribution in [0.1, 0.15) is 22.2 Å². The lowest BCUT2D eigenvalue weighted by atomic mass is 10.1. The van der Waals surface area contributed by atoms with Crippen LogP contribution in [-0.4, -0.2) is 28.7 Å². The molecule has 1 amide bonds.